The Kier molecular flexibility index (Phi) is 3.66. The van der Waals surface area contributed by atoms with Gasteiger partial charge in [-0.2, -0.15) is 0 Å². The highest BCUT2D eigenvalue weighted by atomic mass is 15.2. The molecule has 1 saturated carbocycles. The van der Waals surface area contributed by atoms with Crippen molar-refractivity contribution in [2.75, 3.05) is 19.6 Å². The molecule has 1 aliphatic carbocycles. The summed E-state index contributed by atoms with van der Waals surface area (Å²) in [5, 5.41) is 3.61. The van der Waals surface area contributed by atoms with Crippen LogP contribution in [0.3, 0.4) is 0 Å². The van der Waals surface area contributed by atoms with Crippen LogP contribution in [0.5, 0.6) is 0 Å². The van der Waals surface area contributed by atoms with E-state index in [2.05, 4.69) is 26.8 Å². The molecule has 1 unspecified atom stereocenters. The number of hydrogen-bond acceptors (Lipinski definition) is 3. The number of nitrogens with zero attached hydrogens (tertiary/aromatic N) is 3. The first-order chi connectivity index (χ1) is 8.83. The smallest absolute Gasteiger partial charge is 0.109 e. The van der Waals surface area contributed by atoms with Crippen molar-refractivity contribution in [3.05, 3.63) is 18.2 Å². The van der Waals surface area contributed by atoms with Gasteiger partial charge in [-0.05, 0) is 32.2 Å². The Morgan fingerprint density at radius 1 is 1.44 bits per heavy atom. The van der Waals surface area contributed by atoms with E-state index in [0.717, 1.165) is 25.0 Å². The number of hydrogen-bond donors (Lipinski definition) is 1. The molecular weight excluding hydrogens is 224 g/mol. The maximum Gasteiger partial charge on any atom is 0.109 e. The topological polar surface area (TPSA) is 33.1 Å². The predicted octanol–water partition coefficient (Wildman–Crippen LogP) is 1.18. The Bertz CT molecular complexity index is 377. The number of rotatable bonds is 6. The van der Waals surface area contributed by atoms with E-state index in [0.29, 0.717) is 0 Å². The monoisotopic (exact) mass is 248 g/mol. The van der Waals surface area contributed by atoms with Crippen LogP contribution in [0.2, 0.25) is 0 Å². The van der Waals surface area contributed by atoms with Crippen molar-refractivity contribution in [2.24, 2.45) is 7.05 Å². The Morgan fingerprint density at radius 2 is 2.33 bits per heavy atom. The highest BCUT2D eigenvalue weighted by molar-refractivity contribution is 4.94. The lowest BCUT2D eigenvalue weighted by Crippen LogP contribution is -2.40. The molecule has 0 spiro atoms. The molecule has 2 aliphatic rings. The van der Waals surface area contributed by atoms with Crippen LogP contribution in [-0.2, 0) is 13.5 Å². The van der Waals surface area contributed by atoms with Crippen LogP contribution in [-0.4, -0.2) is 46.2 Å². The Labute approximate surface area is 109 Å². The molecule has 2 fully saturated rings. The van der Waals surface area contributed by atoms with E-state index in [1.807, 2.05) is 12.4 Å². The van der Waals surface area contributed by atoms with Gasteiger partial charge in [-0.15, -0.1) is 0 Å². The summed E-state index contributed by atoms with van der Waals surface area (Å²) >= 11 is 0. The van der Waals surface area contributed by atoms with E-state index in [-0.39, 0.29) is 0 Å². The minimum Gasteiger partial charge on any atom is -0.338 e. The van der Waals surface area contributed by atoms with Crippen molar-refractivity contribution in [2.45, 2.75) is 44.2 Å². The van der Waals surface area contributed by atoms with E-state index < -0.39 is 0 Å². The maximum atomic E-state index is 4.42. The number of imidazole rings is 1. The summed E-state index contributed by atoms with van der Waals surface area (Å²) in [5.41, 5.74) is 0. The molecule has 18 heavy (non-hydrogen) atoms. The van der Waals surface area contributed by atoms with Crippen molar-refractivity contribution in [1.29, 1.82) is 0 Å². The largest absolute Gasteiger partial charge is 0.338 e. The van der Waals surface area contributed by atoms with Gasteiger partial charge in [0.05, 0.1) is 0 Å². The van der Waals surface area contributed by atoms with Gasteiger partial charge in [-0.3, -0.25) is 4.90 Å². The molecule has 1 aromatic heterocycles. The quantitative estimate of drug-likeness (QED) is 0.820. The van der Waals surface area contributed by atoms with Crippen molar-refractivity contribution in [1.82, 2.24) is 19.8 Å². The highest BCUT2D eigenvalue weighted by Gasteiger charge is 2.31. The van der Waals surface area contributed by atoms with E-state index in [1.54, 1.807) is 0 Å². The van der Waals surface area contributed by atoms with Crippen LogP contribution in [0.4, 0.5) is 0 Å². The second kappa shape index (κ2) is 5.41. The fraction of sp³-hybridized carbons (Fsp3) is 0.786. The Morgan fingerprint density at radius 3 is 2.94 bits per heavy atom. The Balaban J connectivity index is 1.52. The SMILES string of the molecule is Cn1ccnc1CCN(CC1CCCN1)C1CC1. The standard InChI is InChI=1S/C14H24N4/c1-17-10-8-16-14(17)6-9-18(13-4-5-13)11-12-3-2-7-15-12/h8,10,12-13,15H,2-7,9,11H2,1H3. The van der Waals surface area contributed by atoms with E-state index >= 15 is 0 Å². The van der Waals surface area contributed by atoms with Gasteiger partial charge in [-0.25, -0.2) is 4.98 Å². The third-order valence-electron chi connectivity index (χ3n) is 4.22. The molecule has 0 aromatic carbocycles. The third kappa shape index (κ3) is 2.93. The predicted molar refractivity (Wildman–Crippen MR) is 72.5 cm³/mol. The molecule has 2 heterocycles. The first-order valence-corrected chi connectivity index (χ1v) is 7.26. The molecule has 100 valence electrons. The van der Waals surface area contributed by atoms with Crippen LogP contribution in [0.15, 0.2) is 12.4 Å². The highest BCUT2D eigenvalue weighted by Crippen LogP contribution is 2.27. The fourth-order valence-corrected chi connectivity index (χ4v) is 2.94. The van der Waals surface area contributed by atoms with Crippen LogP contribution in [0.1, 0.15) is 31.5 Å². The zero-order chi connectivity index (χ0) is 12.4. The first-order valence-electron chi connectivity index (χ1n) is 7.26. The van der Waals surface area contributed by atoms with Crippen molar-refractivity contribution in [3.63, 3.8) is 0 Å². The lowest BCUT2D eigenvalue weighted by molar-refractivity contribution is 0.240. The molecule has 1 aromatic rings. The average molecular weight is 248 g/mol. The number of aryl methyl sites for hydroxylation is 1. The average Bonchev–Trinajstić information content (AvgIpc) is 2.93. The van der Waals surface area contributed by atoms with E-state index in [4.69, 9.17) is 0 Å². The molecular formula is C14H24N4. The lowest BCUT2D eigenvalue weighted by atomic mass is 10.2. The second-order valence-electron chi connectivity index (χ2n) is 5.72. The Hall–Kier alpha value is -0.870. The molecule has 1 N–H and O–H groups in total. The zero-order valence-electron chi connectivity index (χ0n) is 11.3. The zero-order valence-corrected chi connectivity index (χ0v) is 11.3. The third-order valence-corrected chi connectivity index (χ3v) is 4.22. The normalized spacial score (nSPS) is 24.0. The molecule has 1 aliphatic heterocycles. The van der Waals surface area contributed by atoms with Crippen LogP contribution in [0, 0.1) is 0 Å². The van der Waals surface area contributed by atoms with Crippen LogP contribution >= 0.6 is 0 Å². The minimum absolute atomic E-state index is 0.729. The van der Waals surface area contributed by atoms with Gasteiger partial charge in [0.15, 0.2) is 0 Å². The summed E-state index contributed by atoms with van der Waals surface area (Å²) in [6, 6.07) is 1.58. The summed E-state index contributed by atoms with van der Waals surface area (Å²) in [5.74, 6) is 1.21. The van der Waals surface area contributed by atoms with Crippen LogP contribution < -0.4 is 5.32 Å². The van der Waals surface area contributed by atoms with Gasteiger partial charge in [0.2, 0.25) is 0 Å². The lowest BCUT2D eigenvalue weighted by Gasteiger charge is -2.25. The maximum absolute atomic E-state index is 4.42. The van der Waals surface area contributed by atoms with Gasteiger partial charge >= 0.3 is 0 Å². The van der Waals surface area contributed by atoms with Gasteiger partial charge < -0.3 is 9.88 Å². The van der Waals surface area contributed by atoms with Crippen molar-refractivity contribution >= 4 is 0 Å². The molecule has 1 atom stereocenters. The molecule has 3 rings (SSSR count). The van der Waals surface area contributed by atoms with Gasteiger partial charge in [0, 0.05) is 51.0 Å². The van der Waals surface area contributed by atoms with Gasteiger partial charge in [0.1, 0.15) is 5.82 Å². The summed E-state index contributed by atoms with van der Waals surface area (Å²) in [6.45, 7) is 3.60. The summed E-state index contributed by atoms with van der Waals surface area (Å²) in [7, 11) is 2.09. The second-order valence-corrected chi connectivity index (χ2v) is 5.72. The molecule has 4 nitrogen and oxygen atoms in total. The minimum atomic E-state index is 0.729. The van der Waals surface area contributed by atoms with Crippen LogP contribution in [0.25, 0.3) is 0 Å². The van der Waals surface area contributed by atoms with Crippen molar-refractivity contribution < 1.29 is 0 Å². The molecule has 0 radical (unpaired) electrons. The van der Waals surface area contributed by atoms with Crippen molar-refractivity contribution in [3.8, 4) is 0 Å². The summed E-state index contributed by atoms with van der Waals surface area (Å²) in [6.07, 6.45) is 10.5. The summed E-state index contributed by atoms with van der Waals surface area (Å²) in [4.78, 5) is 7.10. The first kappa shape index (κ1) is 12.2. The number of aromatic nitrogens is 2. The van der Waals surface area contributed by atoms with E-state index in [1.165, 1.54) is 44.6 Å². The number of nitrogens with one attached hydrogen (secondary N) is 1. The fourth-order valence-electron chi connectivity index (χ4n) is 2.94. The molecule has 0 bridgehead atoms. The summed E-state index contributed by atoms with van der Waals surface area (Å²) < 4.78 is 2.14. The molecule has 1 saturated heterocycles. The molecule has 4 heteroatoms. The van der Waals surface area contributed by atoms with Gasteiger partial charge in [-0.1, -0.05) is 0 Å². The van der Waals surface area contributed by atoms with E-state index in [9.17, 15) is 0 Å². The molecule has 0 amide bonds. The van der Waals surface area contributed by atoms with Gasteiger partial charge in [0.25, 0.3) is 0 Å².